The summed E-state index contributed by atoms with van der Waals surface area (Å²) < 4.78 is 32.6. The summed E-state index contributed by atoms with van der Waals surface area (Å²) in [6.07, 6.45) is 2.31. The number of fused-ring (bicyclic) bond motifs is 1. The van der Waals surface area contributed by atoms with Gasteiger partial charge in [0.05, 0.1) is 35.8 Å². The van der Waals surface area contributed by atoms with Gasteiger partial charge in [-0.25, -0.2) is 22.6 Å². The zero-order chi connectivity index (χ0) is 27.3. The minimum Gasteiger partial charge on any atom is -0.495 e. The van der Waals surface area contributed by atoms with Crippen molar-refractivity contribution in [3.05, 3.63) is 35.6 Å². The van der Waals surface area contributed by atoms with Crippen LogP contribution in [0.4, 0.5) is 11.5 Å². The van der Waals surface area contributed by atoms with Gasteiger partial charge in [0.25, 0.3) is 5.91 Å². The van der Waals surface area contributed by atoms with Crippen molar-refractivity contribution in [2.45, 2.75) is 32.4 Å². The van der Waals surface area contributed by atoms with Gasteiger partial charge in [-0.15, -0.1) is 0 Å². The average Bonchev–Trinajstić information content (AvgIpc) is 3.16. The third-order valence-corrected chi connectivity index (χ3v) is 7.39. The summed E-state index contributed by atoms with van der Waals surface area (Å²) >= 11 is 6.40. The molecule has 0 bridgehead atoms. The first-order chi connectivity index (χ1) is 17.3. The predicted octanol–water partition coefficient (Wildman–Crippen LogP) is 1.53. The number of nitrogens with one attached hydrogen (secondary N) is 1. The number of anilines is 2. The third-order valence-electron chi connectivity index (χ3n) is 6.32. The van der Waals surface area contributed by atoms with Gasteiger partial charge in [-0.05, 0) is 45.0 Å². The molecule has 3 heterocycles. The lowest BCUT2D eigenvalue weighted by Crippen LogP contribution is -2.67. The standard InChI is InChI=1S/C23H28ClN7O5S/c1-13(28-37(5,34)35)21(32)30-9-8-29(22(33)23(30,2)3)17-10-14(6-7-18(17)36-4)16-11-15(24)19-20(25)26-12-27-31(16)19/h6-7,10-13,28H,8-9H2,1-5H3,(H2,25,26,27). The number of benzene rings is 1. The van der Waals surface area contributed by atoms with Gasteiger partial charge in [0.1, 0.15) is 23.1 Å². The fourth-order valence-electron chi connectivity index (χ4n) is 4.54. The van der Waals surface area contributed by atoms with E-state index in [1.54, 1.807) is 41.5 Å². The number of nitrogens with zero attached hydrogens (tertiary/aromatic N) is 5. The van der Waals surface area contributed by atoms with Crippen LogP contribution < -0.4 is 20.1 Å². The van der Waals surface area contributed by atoms with Gasteiger partial charge in [-0.3, -0.25) is 9.59 Å². The molecule has 1 aliphatic heterocycles. The molecule has 3 N–H and O–H groups in total. The van der Waals surface area contributed by atoms with Gasteiger partial charge in [-0.2, -0.15) is 5.10 Å². The van der Waals surface area contributed by atoms with Gasteiger partial charge in [-0.1, -0.05) is 11.6 Å². The predicted molar refractivity (Wildman–Crippen MR) is 140 cm³/mol. The number of nitrogen functional groups attached to an aromatic ring is 1. The first kappa shape index (κ1) is 26.6. The second kappa shape index (κ2) is 9.47. The number of carbonyl (C=O) groups is 2. The quantitative estimate of drug-likeness (QED) is 0.469. The van der Waals surface area contributed by atoms with Gasteiger partial charge >= 0.3 is 0 Å². The molecule has 0 saturated carbocycles. The summed E-state index contributed by atoms with van der Waals surface area (Å²) in [4.78, 5) is 33.7. The van der Waals surface area contributed by atoms with E-state index in [1.807, 2.05) is 6.07 Å². The van der Waals surface area contributed by atoms with Crippen LogP contribution in [0.15, 0.2) is 30.6 Å². The summed E-state index contributed by atoms with van der Waals surface area (Å²) in [6, 6.07) is 6.03. The molecule has 1 saturated heterocycles. The number of rotatable bonds is 6. The Bertz CT molecular complexity index is 1500. The first-order valence-electron chi connectivity index (χ1n) is 11.3. The van der Waals surface area contributed by atoms with E-state index in [1.165, 1.54) is 25.3 Å². The number of nitrogens with two attached hydrogens (primary N) is 1. The van der Waals surface area contributed by atoms with Crippen LogP contribution in [0.25, 0.3) is 16.8 Å². The molecule has 37 heavy (non-hydrogen) atoms. The molecule has 0 aliphatic carbocycles. The maximum absolute atomic E-state index is 13.7. The Morgan fingerprint density at radius 1 is 1.27 bits per heavy atom. The van der Waals surface area contributed by atoms with Crippen LogP contribution in [0.3, 0.4) is 0 Å². The van der Waals surface area contributed by atoms with Crippen molar-refractivity contribution < 1.29 is 22.7 Å². The third kappa shape index (κ3) is 4.81. The number of sulfonamides is 1. The minimum absolute atomic E-state index is 0.171. The summed E-state index contributed by atoms with van der Waals surface area (Å²) in [5, 5.41) is 4.65. The fraction of sp³-hybridized carbons (Fsp3) is 0.391. The molecule has 1 atom stereocenters. The van der Waals surface area contributed by atoms with E-state index in [-0.39, 0.29) is 24.8 Å². The molecule has 4 rings (SSSR count). The topological polar surface area (TPSA) is 152 Å². The van der Waals surface area contributed by atoms with Crippen LogP contribution in [0.2, 0.25) is 5.02 Å². The highest BCUT2D eigenvalue weighted by Gasteiger charge is 2.46. The Labute approximate surface area is 219 Å². The average molecular weight is 550 g/mol. The minimum atomic E-state index is -3.61. The number of halogens is 1. The van der Waals surface area contributed by atoms with Crippen molar-refractivity contribution in [2.75, 3.05) is 37.1 Å². The highest BCUT2D eigenvalue weighted by Crippen LogP contribution is 2.38. The lowest BCUT2D eigenvalue weighted by atomic mass is 9.95. The van der Waals surface area contributed by atoms with Crippen molar-refractivity contribution in [1.82, 2.24) is 24.2 Å². The SMILES string of the molecule is COc1ccc(-c2cc(Cl)c3c(N)ncnn23)cc1N1CCN(C(=O)C(C)NS(C)(=O)=O)C(C)(C)C1=O. The fourth-order valence-corrected chi connectivity index (χ4v) is 5.56. The summed E-state index contributed by atoms with van der Waals surface area (Å²) in [5.74, 6) is -0.146. The highest BCUT2D eigenvalue weighted by atomic mass is 35.5. The molecule has 1 aromatic carbocycles. The van der Waals surface area contributed by atoms with E-state index in [9.17, 15) is 18.0 Å². The van der Waals surface area contributed by atoms with E-state index in [4.69, 9.17) is 22.1 Å². The number of methoxy groups -OCH3 is 1. The van der Waals surface area contributed by atoms with Crippen molar-refractivity contribution >= 4 is 50.5 Å². The molecule has 0 spiro atoms. The van der Waals surface area contributed by atoms with E-state index in [0.717, 1.165) is 6.26 Å². The van der Waals surface area contributed by atoms with Gasteiger partial charge in [0.2, 0.25) is 15.9 Å². The number of ether oxygens (including phenoxy) is 1. The Kier molecular flexibility index (Phi) is 6.82. The van der Waals surface area contributed by atoms with Crippen LogP contribution in [0, 0.1) is 0 Å². The molecule has 198 valence electrons. The molecule has 1 unspecified atom stereocenters. The number of aromatic nitrogens is 3. The Morgan fingerprint density at radius 3 is 2.62 bits per heavy atom. The van der Waals surface area contributed by atoms with Gasteiger partial charge in [0, 0.05) is 18.7 Å². The van der Waals surface area contributed by atoms with Crippen molar-refractivity contribution in [3.8, 4) is 17.0 Å². The van der Waals surface area contributed by atoms with Gasteiger partial charge < -0.3 is 20.3 Å². The molecular weight excluding hydrogens is 522 g/mol. The first-order valence-corrected chi connectivity index (χ1v) is 13.6. The number of carbonyl (C=O) groups excluding carboxylic acids is 2. The zero-order valence-corrected chi connectivity index (χ0v) is 22.6. The van der Waals surface area contributed by atoms with Crippen LogP contribution in [-0.2, 0) is 19.6 Å². The van der Waals surface area contributed by atoms with Crippen LogP contribution in [0.1, 0.15) is 20.8 Å². The number of hydrogen-bond donors (Lipinski definition) is 2. The van der Waals surface area contributed by atoms with Gasteiger partial charge in [0.15, 0.2) is 5.82 Å². The smallest absolute Gasteiger partial charge is 0.252 e. The second-order valence-corrected chi connectivity index (χ2v) is 11.5. The second-order valence-electron chi connectivity index (χ2n) is 9.29. The maximum atomic E-state index is 13.7. The molecule has 2 amide bonds. The largest absolute Gasteiger partial charge is 0.495 e. The molecule has 2 aromatic heterocycles. The van der Waals surface area contributed by atoms with E-state index >= 15 is 0 Å². The number of hydrogen-bond acceptors (Lipinski definition) is 8. The summed E-state index contributed by atoms with van der Waals surface area (Å²) in [5.41, 5.74) is 7.04. The van der Waals surface area contributed by atoms with Crippen LogP contribution in [0.5, 0.6) is 5.75 Å². The van der Waals surface area contributed by atoms with E-state index < -0.39 is 27.5 Å². The normalized spacial score (nSPS) is 16.8. The summed E-state index contributed by atoms with van der Waals surface area (Å²) in [7, 11) is -2.10. The lowest BCUT2D eigenvalue weighted by Gasteiger charge is -2.46. The van der Waals surface area contributed by atoms with E-state index in [0.29, 0.717) is 33.2 Å². The molecule has 12 nitrogen and oxygen atoms in total. The molecular formula is C23H28ClN7O5S. The van der Waals surface area contributed by atoms with E-state index in [2.05, 4.69) is 14.8 Å². The molecule has 14 heteroatoms. The Balaban J connectivity index is 1.71. The van der Waals surface area contributed by atoms with Crippen LogP contribution in [-0.4, -0.2) is 77.8 Å². The molecule has 1 aliphatic rings. The maximum Gasteiger partial charge on any atom is 0.252 e. The van der Waals surface area contributed by atoms with Crippen molar-refractivity contribution in [3.63, 3.8) is 0 Å². The zero-order valence-electron chi connectivity index (χ0n) is 21.0. The van der Waals surface area contributed by atoms with Crippen molar-refractivity contribution in [2.24, 2.45) is 0 Å². The summed E-state index contributed by atoms with van der Waals surface area (Å²) in [6.45, 7) is 5.06. The number of piperazine rings is 1. The monoisotopic (exact) mass is 549 g/mol. The number of amides is 2. The Morgan fingerprint density at radius 2 is 1.97 bits per heavy atom. The Hall–Kier alpha value is -3.42. The molecule has 1 fully saturated rings. The molecule has 3 aromatic rings. The van der Waals surface area contributed by atoms with Crippen molar-refractivity contribution in [1.29, 1.82) is 0 Å². The van der Waals surface area contributed by atoms with Crippen LogP contribution >= 0.6 is 11.6 Å². The molecule has 0 radical (unpaired) electrons. The lowest BCUT2D eigenvalue weighted by molar-refractivity contribution is -0.148. The highest BCUT2D eigenvalue weighted by molar-refractivity contribution is 7.88.